The first-order valence-electron chi connectivity index (χ1n) is 9.34. The molecule has 0 fully saturated rings. The summed E-state index contributed by atoms with van der Waals surface area (Å²) in [5, 5.41) is 0. The number of hydrogen-bond donors (Lipinski definition) is 0. The van der Waals surface area contributed by atoms with Crippen molar-refractivity contribution in [1.29, 1.82) is 0 Å². The van der Waals surface area contributed by atoms with E-state index in [0.29, 0.717) is 36.7 Å². The molecule has 0 aromatic heterocycles. The maximum atomic E-state index is 13.1. The van der Waals surface area contributed by atoms with Crippen molar-refractivity contribution >= 4 is 11.8 Å². The highest BCUT2D eigenvalue weighted by atomic mass is 16.5. The van der Waals surface area contributed by atoms with E-state index >= 15 is 0 Å². The Bertz CT molecular complexity index is 864. The van der Waals surface area contributed by atoms with Crippen LogP contribution in [0.2, 0.25) is 0 Å². The molecule has 0 spiro atoms. The van der Waals surface area contributed by atoms with Crippen molar-refractivity contribution < 1.29 is 23.8 Å². The summed E-state index contributed by atoms with van der Waals surface area (Å²) in [5.74, 6) is 0.709. The van der Waals surface area contributed by atoms with Gasteiger partial charge in [0.25, 0.3) is 5.91 Å². The fourth-order valence-corrected chi connectivity index (χ4v) is 3.53. The lowest BCUT2D eigenvalue weighted by atomic mass is 9.94. The Morgan fingerprint density at radius 1 is 1.07 bits per heavy atom. The maximum absolute atomic E-state index is 13.1. The molecule has 0 N–H and O–H groups in total. The van der Waals surface area contributed by atoms with Gasteiger partial charge in [-0.2, -0.15) is 0 Å². The van der Waals surface area contributed by atoms with Crippen molar-refractivity contribution in [2.45, 2.75) is 25.8 Å². The molecule has 1 atom stereocenters. The molecule has 1 heterocycles. The summed E-state index contributed by atoms with van der Waals surface area (Å²) in [5.41, 5.74) is 2.15. The van der Waals surface area contributed by atoms with Crippen molar-refractivity contribution in [3.05, 3.63) is 59.2 Å². The fraction of sp³-hybridized carbons (Fsp3) is 0.364. The molecule has 2 aromatic rings. The zero-order valence-corrected chi connectivity index (χ0v) is 16.4. The lowest BCUT2D eigenvalue weighted by molar-refractivity contribution is -0.130. The minimum absolute atomic E-state index is 0.208. The normalized spacial score (nSPS) is 14.6. The van der Waals surface area contributed by atoms with Crippen LogP contribution < -0.4 is 9.47 Å². The smallest absolute Gasteiger partial charge is 0.261 e. The molecule has 6 heteroatoms. The van der Waals surface area contributed by atoms with Crippen LogP contribution in [0.4, 0.5) is 0 Å². The van der Waals surface area contributed by atoms with Crippen LogP contribution in [0.1, 0.15) is 40.9 Å². The van der Waals surface area contributed by atoms with Crippen molar-refractivity contribution in [1.82, 2.24) is 4.90 Å². The number of amides is 2. The highest BCUT2D eigenvalue weighted by Gasteiger charge is 2.36. The van der Waals surface area contributed by atoms with E-state index in [4.69, 9.17) is 14.2 Å². The molecular formula is C22H25NO5. The first kappa shape index (κ1) is 19.9. The second-order valence-electron chi connectivity index (χ2n) is 6.54. The van der Waals surface area contributed by atoms with Crippen molar-refractivity contribution in [3.8, 4) is 11.5 Å². The maximum Gasteiger partial charge on any atom is 0.261 e. The van der Waals surface area contributed by atoms with Gasteiger partial charge in [0.05, 0.1) is 26.2 Å². The molecule has 2 aromatic carbocycles. The Morgan fingerprint density at radius 2 is 1.86 bits per heavy atom. The van der Waals surface area contributed by atoms with Crippen LogP contribution in [0.3, 0.4) is 0 Å². The van der Waals surface area contributed by atoms with Gasteiger partial charge < -0.3 is 14.2 Å². The number of hydrogen-bond acceptors (Lipinski definition) is 5. The summed E-state index contributed by atoms with van der Waals surface area (Å²) in [7, 11) is 3.18. The molecule has 1 unspecified atom stereocenters. The summed E-state index contributed by atoms with van der Waals surface area (Å²) in [6, 6.07) is 12.3. The van der Waals surface area contributed by atoms with Crippen molar-refractivity contribution in [2.75, 3.05) is 27.4 Å². The monoisotopic (exact) mass is 383 g/mol. The predicted octanol–water partition coefficient (Wildman–Crippen LogP) is 3.40. The van der Waals surface area contributed by atoms with Gasteiger partial charge in [0.2, 0.25) is 5.91 Å². The first-order chi connectivity index (χ1) is 13.6. The quantitative estimate of drug-likeness (QED) is 0.654. The number of methoxy groups -OCH3 is 2. The number of carbonyl (C=O) groups excluding carboxylic acids is 2. The topological polar surface area (TPSA) is 65.1 Å². The molecule has 0 bridgehead atoms. The van der Waals surface area contributed by atoms with Gasteiger partial charge in [0, 0.05) is 19.3 Å². The Balaban J connectivity index is 2.02. The third kappa shape index (κ3) is 3.87. The first-order valence-corrected chi connectivity index (χ1v) is 9.34. The number of rotatable bonds is 8. The molecule has 148 valence electrons. The SMILES string of the molecule is CCOc1cc(C(CCOC)N2C(=O)Cc3ccccc3C2=O)ccc1OC. The minimum Gasteiger partial charge on any atom is -0.493 e. The third-order valence-corrected chi connectivity index (χ3v) is 4.86. The minimum atomic E-state index is -0.446. The molecule has 6 nitrogen and oxygen atoms in total. The van der Waals surface area contributed by atoms with E-state index in [1.165, 1.54) is 4.90 Å². The summed E-state index contributed by atoms with van der Waals surface area (Å²) in [6.07, 6.45) is 0.702. The van der Waals surface area contributed by atoms with Gasteiger partial charge in [-0.1, -0.05) is 24.3 Å². The number of benzene rings is 2. The van der Waals surface area contributed by atoms with Crippen LogP contribution in [-0.4, -0.2) is 44.1 Å². The Hall–Kier alpha value is -2.86. The number of ether oxygens (including phenoxy) is 3. The van der Waals surface area contributed by atoms with Gasteiger partial charge in [0.15, 0.2) is 11.5 Å². The van der Waals surface area contributed by atoms with Gasteiger partial charge in [-0.15, -0.1) is 0 Å². The average molecular weight is 383 g/mol. The van der Waals surface area contributed by atoms with E-state index in [1.54, 1.807) is 26.4 Å². The molecule has 1 aliphatic rings. The lowest BCUT2D eigenvalue weighted by Crippen LogP contribution is -2.45. The summed E-state index contributed by atoms with van der Waals surface area (Å²) >= 11 is 0. The largest absolute Gasteiger partial charge is 0.493 e. The van der Waals surface area contributed by atoms with Crippen LogP contribution in [0, 0.1) is 0 Å². The molecule has 1 aliphatic heterocycles. The van der Waals surface area contributed by atoms with Gasteiger partial charge in [-0.05, 0) is 42.7 Å². The molecule has 0 aliphatic carbocycles. The zero-order valence-electron chi connectivity index (χ0n) is 16.4. The van der Waals surface area contributed by atoms with Gasteiger partial charge >= 0.3 is 0 Å². The summed E-state index contributed by atoms with van der Waals surface area (Å²) < 4.78 is 16.3. The van der Waals surface area contributed by atoms with E-state index < -0.39 is 6.04 Å². The molecule has 3 rings (SSSR count). The standard InChI is InChI=1S/C22H25NO5/c1-4-28-20-13-16(9-10-19(20)27-3)18(11-12-26-2)23-21(24)14-15-7-5-6-8-17(15)22(23)25/h5-10,13,18H,4,11-12,14H2,1-3H3. The lowest BCUT2D eigenvalue weighted by Gasteiger charge is -2.34. The second-order valence-corrected chi connectivity index (χ2v) is 6.54. The number of imide groups is 1. The van der Waals surface area contributed by atoms with Crippen LogP contribution in [0.15, 0.2) is 42.5 Å². The van der Waals surface area contributed by atoms with E-state index in [-0.39, 0.29) is 18.2 Å². The zero-order chi connectivity index (χ0) is 20.1. The van der Waals surface area contributed by atoms with Crippen molar-refractivity contribution in [2.24, 2.45) is 0 Å². The van der Waals surface area contributed by atoms with E-state index in [0.717, 1.165) is 11.1 Å². The van der Waals surface area contributed by atoms with Gasteiger partial charge in [0.1, 0.15) is 0 Å². The molecule has 0 radical (unpaired) electrons. The van der Waals surface area contributed by atoms with Crippen molar-refractivity contribution in [3.63, 3.8) is 0 Å². The fourth-order valence-electron chi connectivity index (χ4n) is 3.53. The number of carbonyl (C=O) groups is 2. The third-order valence-electron chi connectivity index (χ3n) is 4.86. The van der Waals surface area contributed by atoms with E-state index in [2.05, 4.69) is 0 Å². The summed E-state index contributed by atoms with van der Waals surface area (Å²) in [6.45, 7) is 2.79. The molecular weight excluding hydrogens is 358 g/mol. The van der Waals surface area contributed by atoms with E-state index in [9.17, 15) is 9.59 Å². The second kappa shape index (κ2) is 8.89. The molecule has 28 heavy (non-hydrogen) atoms. The molecule has 0 saturated heterocycles. The highest BCUT2D eigenvalue weighted by molar-refractivity contribution is 6.10. The summed E-state index contributed by atoms with van der Waals surface area (Å²) in [4.78, 5) is 27.4. The predicted molar refractivity (Wildman–Crippen MR) is 105 cm³/mol. The molecule has 0 saturated carbocycles. The Morgan fingerprint density at radius 3 is 2.57 bits per heavy atom. The number of nitrogens with zero attached hydrogens (tertiary/aromatic N) is 1. The van der Waals surface area contributed by atoms with Gasteiger partial charge in [-0.3, -0.25) is 14.5 Å². The Kier molecular flexibility index (Phi) is 6.31. The number of fused-ring (bicyclic) bond motifs is 1. The van der Waals surface area contributed by atoms with E-state index in [1.807, 2.05) is 37.3 Å². The van der Waals surface area contributed by atoms with Crippen LogP contribution in [0.5, 0.6) is 11.5 Å². The highest BCUT2D eigenvalue weighted by Crippen LogP contribution is 2.36. The van der Waals surface area contributed by atoms with Crippen LogP contribution in [-0.2, 0) is 16.0 Å². The van der Waals surface area contributed by atoms with Crippen LogP contribution >= 0.6 is 0 Å². The van der Waals surface area contributed by atoms with Crippen LogP contribution in [0.25, 0.3) is 0 Å². The Labute approximate surface area is 165 Å². The molecule has 2 amide bonds. The van der Waals surface area contributed by atoms with Gasteiger partial charge in [-0.25, -0.2) is 0 Å². The average Bonchev–Trinajstić information content (AvgIpc) is 2.70.